The molecule has 8 rings (SSSR count). The van der Waals surface area contributed by atoms with Gasteiger partial charge in [-0.05, 0) is 43.3 Å². The minimum atomic E-state index is -0.378. The van der Waals surface area contributed by atoms with E-state index in [9.17, 15) is 9.59 Å². The molecule has 0 spiro atoms. The van der Waals surface area contributed by atoms with Gasteiger partial charge in [-0.1, -0.05) is 96.0 Å². The highest BCUT2D eigenvalue weighted by Gasteiger charge is 2.17. The van der Waals surface area contributed by atoms with E-state index in [4.69, 9.17) is 21.7 Å². The van der Waals surface area contributed by atoms with Crippen molar-refractivity contribution in [1.29, 1.82) is 0 Å². The maximum absolute atomic E-state index is 13.4. The molecule has 9 heteroatoms. The topological polar surface area (TPSA) is 94.2 Å². The normalized spacial score (nSPS) is 11.5. The second-order valence-corrected chi connectivity index (χ2v) is 11.7. The molecule has 0 saturated heterocycles. The minimum absolute atomic E-state index is 0.248. The van der Waals surface area contributed by atoms with Gasteiger partial charge in [0, 0.05) is 38.0 Å². The molecule has 0 fully saturated rings. The van der Waals surface area contributed by atoms with Gasteiger partial charge in [0.05, 0.1) is 27.8 Å². The number of hydrogen-bond acceptors (Lipinski definition) is 5. The van der Waals surface area contributed by atoms with Crippen LogP contribution in [0.3, 0.4) is 0 Å². The van der Waals surface area contributed by atoms with Crippen LogP contribution >= 0.6 is 11.6 Å². The summed E-state index contributed by atoms with van der Waals surface area (Å²) in [5, 5.41) is 16.4. The number of aromatic nitrogens is 5. The quantitative estimate of drug-likeness (QED) is 0.213. The molecular weight excluding hydrogens is 596 g/mol. The summed E-state index contributed by atoms with van der Waals surface area (Å²) < 4.78 is 3.06. The van der Waals surface area contributed by atoms with Crippen LogP contribution in [0.4, 0.5) is 5.69 Å². The predicted molar refractivity (Wildman–Crippen MR) is 183 cm³/mol. The van der Waals surface area contributed by atoms with Crippen molar-refractivity contribution in [2.45, 2.75) is 13.5 Å². The number of nitrogens with one attached hydrogen (secondary N) is 1. The molecule has 1 N–H and O–H groups in total. The van der Waals surface area contributed by atoms with Crippen LogP contribution in [0.25, 0.3) is 60.7 Å². The van der Waals surface area contributed by atoms with E-state index in [1.807, 2.05) is 121 Å². The molecule has 0 aliphatic carbocycles. The summed E-state index contributed by atoms with van der Waals surface area (Å²) >= 11 is 6.15. The molecule has 0 aliphatic heterocycles. The fraction of sp³-hybridized carbons (Fsp3) is 0.0541. The molecular formula is C37H25ClN6O2. The third-order valence-corrected chi connectivity index (χ3v) is 8.39. The largest absolute Gasteiger partial charge is 0.324 e. The lowest BCUT2D eigenvalue weighted by Gasteiger charge is -2.12. The van der Waals surface area contributed by atoms with Crippen molar-refractivity contribution >= 4 is 61.4 Å². The maximum Gasteiger partial charge on any atom is 0.275 e. The van der Waals surface area contributed by atoms with Gasteiger partial charge in [0.2, 0.25) is 5.91 Å². The van der Waals surface area contributed by atoms with Crippen molar-refractivity contribution in [2.24, 2.45) is 0 Å². The van der Waals surface area contributed by atoms with Crippen molar-refractivity contribution in [3.8, 4) is 22.5 Å². The Morgan fingerprint density at radius 2 is 1.35 bits per heavy atom. The molecule has 1 amide bonds. The number of imidazole rings is 1. The van der Waals surface area contributed by atoms with E-state index in [0.29, 0.717) is 33.0 Å². The minimum Gasteiger partial charge on any atom is -0.324 e. The lowest BCUT2D eigenvalue weighted by atomic mass is 10.0. The van der Waals surface area contributed by atoms with Crippen molar-refractivity contribution < 1.29 is 4.79 Å². The van der Waals surface area contributed by atoms with Crippen LogP contribution in [0, 0.1) is 6.92 Å². The first kappa shape index (κ1) is 27.7. The predicted octanol–water partition coefficient (Wildman–Crippen LogP) is 7.68. The third kappa shape index (κ3) is 4.76. The summed E-state index contributed by atoms with van der Waals surface area (Å²) in [5.74, 6) is -0.378. The first-order valence-electron chi connectivity index (χ1n) is 14.8. The Hall–Kier alpha value is -5.86. The van der Waals surface area contributed by atoms with Crippen LogP contribution in [0.5, 0.6) is 0 Å². The number of rotatable bonds is 5. The second kappa shape index (κ2) is 10.9. The lowest BCUT2D eigenvalue weighted by Crippen LogP contribution is -2.30. The van der Waals surface area contributed by atoms with Gasteiger partial charge in [-0.15, -0.1) is 0 Å². The average molecular weight is 621 g/mol. The molecule has 0 aliphatic rings. The van der Waals surface area contributed by atoms with Crippen molar-refractivity contribution in [1.82, 2.24) is 24.4 Å². The zero-order valence-electron chi connectivity index (χ0n) is 24.6. The molecule has 5 aromatic carbocycles. The number of aryl methyl sites for hydroxylation is 1. The van der Waals surface area contributed by atoms with Gasteiger partial charge in [0.25, 0.3) is 5.56 Å². The van der Waals surface area contributed by atoms with Crippen LogP contribution in [-0.4, -0.2) is 30.3 Å². The number of carbonyl (C=O) groups excluding carboxylic acids is 1. The van der Waals surface area contributed by atoms with Crippen molar-refractivity contribution in [2.75, 3.05) is 5.32 Å². The maximum atomic E-state index is 13.4. The molecule has 0 saturated carbocycles. The van der Waals surface area contributed by atoms with E-state index in [1.165, 1.54) is 4.68 Å². The molecule has 0 bridgehead atoms. The zero-order valence-corrected chi connectivity index (χ0v) is 25.4. The number of hydrogen-bond donors (Lipinski definition) is 1. The Morgan fingerprint density at radius 3 is 2.07 bits per heavy atom. The highest BCUT2D eigenvalue weighted by Crippen LogP contribution is 2.32. The molecule has 3 heterocycles. The van der Waals surface area contributed by atoms with Gasteiger partial charge in [0.15, 0.2) is 5.65 Å². The standard InChI is InChI=1S/C37H25ClN6O2/c1-22-10-12-23(13-11-22)34-28-7-3-5-9-30(28)37(46)43(41-34)21-33(45)39-26-18-19-32-31(20-26)40-36-29-8-4-2-6-27(29)35(42-44(32)36)24-14-16-25(38)17-15-24/h2-20H,21H2,1H3,(H,39,45). The fourth-order valence-corrected chi connectivity index (χ4v) is 6.01. The summed E-state index contributed by atoms with van der Waals surface area (Å²) in [7, 11) is 0. The molecule has 46 heavy (non-hydrogen) atoms. The van der Waals surface area contributed by atoms with Gasteiger partial charge in [-0.3, -0.25) is 9.59 Å². The van der Waals surface area contributed by atoms with E-state index >= 15 is 0 Å². The van der Waals surface area contributed by atoms with E-state index in [0.717, 1.165) is 44.1 Å². The molecule has 222 valence electrons. The number of nitrogens with zero attached hydrogens (tertiary/aromatic N) is 5. The van der Waals surface area contributed by atoms with Crippen LogP contribution in [-0.2, 0) is 11.3 Å². The Balaban J connectivity index is 1.15. The van der Waals surface area contributed by atoms with Gasteiger partial charge in [-0.25, -0.2) is 14.2 Å². The summed E-state index contributed by atoms with van der Waals surface area (Å²) in [5.41, 5.74) is 6.79. The summed E-state index contributed by atoms with van der Waals surface area (Å²) in [4.78, 5) is 31.6. The first-order valence-corrected chi connectivity index (χ1v) is 15.1. The number of carbonyl (C=O) groups is 1. The molecule has 3 aromatic heterocycles. The molecule has 0 atom stereocenters. The van der Waals surface area contributed by atoms with Crippen LogP contribution in [0.2, 0.25) is 5.02 Å². The Labute approximate surface area is 267 Å². The zero-order chi connectivity index (χ0) is 31.4. The van der Waals surface area contributed by atoms with Gasteiger partial charge >= 0.3 is 0 Å². The van der Waals surface area contributed by atoms with Gasteiger partial charge in [0.1, 0.15) is 6.54 Å². The smallest absolute Gasteiger partial charge is 0.275 e. The molecule has 8 nitrogen and oxygen atoms in total. The summed E-state index contributed by atoms with van der Waals surface area (Å²) in [6, 6.07) is 36.4. The Kier molecular flexibility index (Phi) is 6.58. The SMILES string of the molecule is Cc1ccc(-c2nn(CC(=O)Nc3ccc4c(c3)nc3c5ccccc5c(-c5ccc(Cl)cc5)nn43)c(=O)c3ccccc23)cc1. The second-order valence-electron chi connectivity index (χ2n) is 11.2. The van der Waals surface area contributed by atoms with E-state index in [-0.39, 0.29) is 18.0 Å². The van der Waals surface area contributed by atoms with Crippen molar-refractivity contribution in [3.05, 3.63) is 136 Å². The van der Waals surface area contributed by atoms with E-state index in [2.05, 4.69) is 10.4 Å². The number of halogens is 1. The van der Waals surface area contributed by atoms with Crippen LogP contribution in [0.1, 0.15) is 5.56 Å². The van der Waals surface area contributed by atoms with Gasteiger partial charge in [-0.2, -0.15) is 10.2 Å². The Morgan fingerprint density at radius 1 is 0.739 bits per heavy atom. The molecule has 0 radical (unpaired) electrons. The summed E-state index contributed by atoms with van der Waals surface area (Å²) in [6.45, 7) is 1.77. The highest BCUT2D eigenvalue weighted by atomic mass is 35.5. The van der Waals surface area contributed by atoms with Gasteiger partial charge < -0.3 is 5.32 Å². The summed E-state index contributed by atoms with van der Waals surface area (Å²) in [6.07, 6.45) is 0. The Bertz CT molecular complexity index is 2540. The monoisotopic (exact) mass is 620 g/mol. The first-order chi connectivity index (χ1) is 22.4. The van der Waals surface area contributed by atoms with E-state index < -0.39 is 0 Å². The van der Waals surface area contributed by atoms with Crippen molar-refractivity contribution in [3.63, 3.8) is 0 Å². The highest BCUT2D eigenvalue weighted by molar-refractivity contribution is 6.30. The van der Waals surface area contributed by atoms with E-state index in [1.54, 1.807) is 6.07 Å². The molecule has 8 aromatic rings. The van der Waals surface area contributed by atoms with Crippen LogP contribution < -0.4 is 10.9 Å². The number of anilines is 1. The molecule has 0 unspecified atom stereocenters. The number of amides is 1. The fourth-order valence-electron chi connectivity index (χ4n) is 5.88. The number of fused-ring (bicyclic) bond motifs is 6. The number of benzene rings is 5. The lowest BCUT2D eigenvalue weighted by molar-refractivity contribution is -0.117. The van der Waals surface area contributed by atoms with Crippen LogP contribution in [0.15, 0.2) is 120 Å². The third-order valence-electron chi connectivity index (χ3n) is 8.14. The average Bonchev–Trinajstić information content (AvgIpc) is 3.44.